The maximum Gasteiger partial charge on any atom is 0.314 e. The van der Waals surface area contributed by atoms with Crippen molar-refractivity contribution < 1.29 is 22.0 Å². The van der Waals surface area contributed by atoms with Crippen LogP contribution in [0.2, 0.25) is 0 Å². The average molecular weight is 346 g/mol. The monoisotopic (exact) mass is 346 g/mol. The Hall–Kier alpha value is -1.70. The molecule has 1 aliphatic heterocycles. The lowest BCUT2D eigenvalue weighted by Crippen LogP contribution is -2.40. The van der Waals surface area contributed by atoms with E-state index in [1.54, 1.807) is 0 Å². The van der Waals surface area contributed by atoms with E-state index in [-0.39, 0.29) is 23.5 Å². The van der Waals surface area contributed by atoms with E-state index in [0.717, 1.165) is 12.1 Å². The Labute approximate surface area is 134 Å². The van der Waals surface area contributed by atoms with Crippen LogP contribution in [0.15, 0.2) is 18.2 Å². The fraction of sp³-hybridized carbons (Fsp3) is 0.533. The molecule has 0 spiro atoms. The first-order valence-corrected chi connectivity index (χ1v) is 9.34. The second-order valence-corrected chi connectivity index (χ2v) is 8.03. The zero-order chi connectivity index (χ0) is 16.9. The van der Waals surface area contributed by atoms with Gasteiger partial charge in [0.1, 0.15) is 9.84 Å². The first-order chi connectivity index (χ1) is 10.9. The van der Waals surface area contributed by atoms with Crippen LogP contribution in [0.4, 0.5) is 13.6 Å². The molecule has 0 bridgehead atoms. The van der Waals surface area contributed by atoms with Crippen LogP contribution < -0.4 is 10.6 Å². The average Bonchev–Trinajstić information content (AvgIpc) is 2.50. The highest BCUT2D eigenvalue weighted by Crippen LogP contribution is 2.17. The molecule has 8 heteroatoms. The standard InChI is InChI=1S/C15H20F2N2O3S/c16-13-2-1-11(9-14(13)17)3-6-18-15(20)19-10-12-4-7-23(21,22)8-5-12/h1-2,9,12H,3-8,10H2,(H2,18,19,20). The zero-order valence-corrected chi connectivity index (χ0v) is 13.5. The molecule has 1 saturated heterocycles. The van der Waals surface area contributed by atoms with Gasteiger partial charge in [-0.25, -0.2) is 22.0 Å². The highest BCUT2D eigenvalue weighted by atomic mass is 32.2. The van der Waals surface area contributed by atoms with Crippen LogP contribution in [0.25, 0.3) is 0 Å². The van der Waals surface area contributed by atoms with Gasteiger partial charge in [0, 0.05) is 13.1 Å². The molecule has 2 N–H and O–H groups in total. The maximum absolute atomic E-state index is 13.0. The van der Waals surface area contributed by atoms with Crippen molar-refractivity contribution in [3.8, 4) is 0 Å². The number of nitrogens with one attached hydrogen (secondary N) is 2. The number of rotatable bonds is 5. The summed E-state index contributed by atoms with van der Waals surface area (Å²) in [5.74, 6) is -1.27. The fourth-order valence-electron chi connectivity index (χ4n) is 2.46. The molecule has 5 nitrogen and oxygen atoms in total. The number of hydrogen-bond donors (Lipinski definition) is 2. The highest BCUT2D eigenvalue weighted by molar-refractivity contribution is 7.91. The quantitative estimate of drug-likeness (QED) is 0.851. The zero-order valence-electron chi connectivity index (χ0n) is 12.6. The molecule has 1 aliphatic rings. The van der Waals surface area contributed by atoms with E-state index >= 15 is 0 Å². The summed E-state index contributed by atoms with van der Waals surface area (Å²) in [5.41, 5.74) is 0.599. The van der Waals surface area contributed by atoms with Gasteiger partial charge in [-0.05, 0) is 42.9 Å². The molecular formula is C15H20F2N2O3S. The number of carbonyl (C=O) groups is 1. The topological polar surface area (TPSA) is 75.3 Å². The Bertz CT molecular complexity index is 651. The van der Waals surface area contributed by atoms with E-state index in [1.165, 1.54) is 6.07 Å². The number of urea groups is 1. The molecule has 1 heterocycles. The third-order valence-electron chi connectivity index (χ3n) is 3.91. The third kappa shape index (κ3) is 5.78. The van der Waals surface area contributed by atoms with Crippen LogP contribution in [-0.4, -0.2) is 39.0 Å². The Morgan fingerprint density at radius 1 is 1.13 bits per heavy atom. The van der Waals surface area contributed by atoms with Gasteiger partial charge in [0.15, 0.2) is 11.6 Å². The number of halogens is 2. The molecule has 2 rings (SSSR count). The summed E-state index contributed by atoms with van der Waals surface area (Å²) < 4.78 is 48.4. The van der Waals surface area contributed by atoms with E-state index in [1.807, 2.05) is 0 Å². The van der Waals surface area contributed by atoms with Crippen LogP contribution in [-0.2, 0) is 16.3 Å². The molecule has 1 aromatic carbocycles. The van der Waals surface area contributed by atoms with Crippen molar-refractivity contribution in [1.29, 1.82) is 0 Å². The van der Waals surface area contributed by atoms with E-state index in [0.29, 0.717) is 37.9 Å². The van der Waals surface area contributed by atoms with Crippen molar-refractivity contribution in [3.05, 3.63) is 35.4 Å². The van der Waals surface area contributed by atoms with E-state index < -0.39 is 21.5 Å². The van der Waals surface area contributed by atoms with Crippen LogP contribution in [0, 0.1) is 17.6 Å². The minimum absolute atomic E-state index is 0.176. The van der Waals surface area contributed by atoms with Crippen molar-refractivity contribution in [2.75, 3.05) is 24.6 Å². The summed E-state index contributed by atoms with van der Waals surface area (Å²) in [7, 11) is -2.89. The van der Waals surface area contributed by atoms with E-state index in [9.17, 15) is 22.0 Å². The molecule has 23 heavy (non-hydrogen) atoms. The van der Waals surface area contributed by atoms with Gasteiger partial charge in [-0.2, -0.15) is 0 Å². The van der Waals surface area contributed by atoms with Gasteiger partial charge >= 0.3 is 6.03 Å². The van der Waals surface area contributed by atoms with Crippen molar-refractivity contribution in [2.45, 2.75) is 19.3 Å². The van der Waals surface area contributed by atoms with Gasteiger partial charge in [0.25, 0.3) is 0 Å². The summed E-state index contributed by atoms with van der Waals surface area (Å²) in [6.45, 7) is 0.739. The summed E-state index contributed by atoms with van der Waals surface area (Å²) in [5, 5.41) is 5.34. The molecule has 0 aliphatic carbocycles. The largest absolute Gasteiger partial charge is 0.338 e. The lowest BCUT2D eigenvalue weighted by Gasteiger charge is -2.22. The van der Waals surface area contributed by atoms with Gasteiger partial charge in [0.2, 0.25) is 0 Å². The first-order valence-electron chi connectivity index (χ1n) is 7.52. The Balaban J connectivity index is 1.64. The van der Waals surface area contributed by atoms with Gasteiger partial charge in [0.05, 0.1) is 11.5 Å². The van der Waals surface area contributed by atoms with E-state index in [4.69, 9.17) is 0 Å². The number of carbonyl (C=O) groups excluding carboxylic acids is 1. The number of sulfone groups is 1. The van der Waals surface area contributed by atoms with Crippen LogP contribution in [0.5, 0.6) is 0 Å². The second kappa shape index (κ2) is 7.72. The van der Waals surface area contributed by atoms with Gasteiger partial charge in [-0.3, -0.25) is 0 Å². The molecule has 0 aromatic heterocycles. The Morgan fingerprint density at radius 3 is 2.48 bits per heavy atom. The van der Waals surface area contributed by atoms with Crippen molar-refractivity contribution in [1.82, 2.24) is 10.6 Å². The SMILES string of the molecule is O=C(NCCc1ccc(F)c(F)c1)NCC1CCS(=O)(=O)CC1. The molecule has 0 atom stereocenters. The van der Waals surface area contributed by atoms with Crippen LogP contribution in [0.3, 0.4) is 0 Å². The molecule has 1 aromatic rings. The smallest absolute Gasteiger partial charge is 0.314 e. The molecule has 1 fully saturated rings. The lowest BCUT2D eigenvalue weighted by molar-refractivity contribution is 0.238. The summed E-state index contributed by atoms with van der Waals surface area (Å²) in [6, 6.07) is 3.29. The van der Waals surface area contributed by atoms with Crippen LogP contribution >= 0.6 is 0 Å². The Kier molecular flexibility index (Phi) is 5.92. The molecule has 128 valence electrons. The molecule has 0 radical (unpaired) electrons. The molecule has 0 unspecified atom stereocenters. The molecule has 2 amide bonds. The summed E-state index contributed by atoms with van der Waals surface area (Å²) in [4.78, 5) is 11.6. The van der Waals surface area contributed by atoms with Crippen molar-refractivity contribution >= 4 is 15.9 Å². The predicted molar refractivity (Wildman–Crippen MR) is 82.8 cm³/mol. The van der Waals surface area contributed by atoms with Crippen LogP contribution in [0.1, 0.15) is 18.4 Å². The minimum atomic E-state index is -2.89. The Morgan fingerprint density at radius 2 is 1.83 bits per heavy atom. The second-order valence-electron chi connectivity index (χ2n) is 5.73. The number of amides is 2. The molecule has 0 saturated carbocycles. The van der Waals surface area contributed by atoms with Gasteiger partial charge < -0.3 is 10.6 Å². The van der Waals surface area contributed by atoms with Crippen molar-refractivity contribution in [2.24, 2.45) is 5.92 Å². The first kappa shape index (κ1) is 17.7. The van der Waals surface area contributed by atoms with Gasteiger partial charge in [-0.15, -0.1) is 0 Å². The highest BCUT2D eigenvalue weighted by Gasteiger charge is 2.23. The van der Waals surface area contributed by atoms with Gasteiger partial charge in [-0.1, -0.05) is 6.07 Å². The van der Waals surface area contributed by atoms with Crippen molar-refractivity contribution in [3.63, 3.8) is 0 Å². The third-order valence-corrected chi connectivity index (χ3v) is 5.62. The number of hydrogen-bond acceptors (Lipinski definition) is 3. The van der Waals surface area contributed by atoms with E-state index in [2.05, 4.69) is 10.6 Å². The molecular weight excluding hydrogens is 326 g/mol. The summed E-state index contributed by atoms with van der Waals surface area (Å²) >= 11 is 0. The maximum atomic E-state index is 13.0. The minimum Gasteiger partial charge on any atom is -0.338 e. The summed E-state index contributed by atoms with van der Waals surface area (Å²) in [6.07, 6.45) is 1.53. The predicted octanol–water partition coefficient (Wildman–Crippen LogP) is 1.63. The normalized spacial score (nSPS) is 17.7. The number of benzene rings is 1. The lowest BCUT2D eigenvalue weighted by atomic mass is 10.0. The fourth-order valence-corrected chi connectivity index (χ4v) is 4.05.